The first-order chi connectivity index (χ1) is 8.99. The molecule has 0 aliphatic rings. The number of benzene rings is 2. The van der Waals surface area contributed by atoms with Crippen molar-refractivity contribution in [2.45, 2.75) is 6.92 Å². The van der Waals surface area contributed by atoms with Crippen molar-refractivity contribution in [1.82, 2.24) is 0 Å². The molecule has 98 valence electrons. The number of carbonyl (C=O) groups excluding carboxylic acids is 1. The first-order valence-electron chi connectivity index (χ1n) is 5.60. The lowest BCUT2D eigenvalue weighted by Crippen LogP contribution is -2.13. The summed E-state index contributed by atoms with van der Waals surface area (Å²) in [4.78, 5) is 12.2. The van der Waals surface area contributed by atoms with Gasteiger partial charge in [0, 0.05) is 15.8 Å². The van der Waals surface area contributed by atoms with E-state index in [2.05, 4.69) is 21.2 Å². The van der Waals surface area contributed by atoms with Crippen LogP contribution >= 0.6 is 27.5 Å². The van der Waals surface area contributed by atoms with Gasteiger partial charge in [-0.2, -0.15) is 0 Å². The molecule has 3 N–H and O–H groups in total. The van der Waals surface area contributed by atoms with E-state index in [0.717, 1.165) is 15.7 Å². The van der Waals surface area contributed by atoms with Crippen molar-refractivity contribution in [2.75, 3.05) is 11.1 Å². The predicted octanol–water partition coefficient (Wildman–Crippen LogP) is 4.25. The van der Waals surface area contributed by atoms with Crippen molar-refractivity contribution < 1.29 is 4.79 Å². The second-order valence-corrected chi connectivity index (χ2v) is 5.37. The van der Waals surface area contributed by atoms with Gasteiger partial charge < -0.3 is 11.1 Å². The standard InChI is InChI=1S/C14H12BrClN2O/c1-8-11(15)3-2-4-13(8)18-14(19)10-6-5-9(17)7-12(10)16/h2-7H,17H2,1H3,(H,18,19). The summed E-state index contributed by atoms with van der Waals surface area (Å²) in [6.45, 7) is 1.92. The molecule has 0 aliphatic heterocycles. The molecule has 1 amide bonds. The van der Waals surface area contributed by atoms with Crippen molar-refractivity contribution in [2.24, 2.45) is 0 Å². The zero-order valence-corrected chi connectivity index (χ0v) is 12.5. The van der Waals surface area contributed by atoms with Gasteiger partial charge in [-0.15, -0.1) is 0 Å². The third-order valence-electron chi connectivity index (χ3n) is 2.75. The van der Waals surface area contributed by atoms with Gasteiger partial charge >= 0.3 is 0 Å². The first-order valence-corrected chi connectivity index (χ1v) is 6.77. The number of amides is 1. The third kappa shape index (κ3) is 3.08. The van der Waals surface area contributed by atoms with E-state index in [1.165, 1.54) is 0 Å². The summed E-state index contributed by atoms with van der Waals surface area (Å²) in [6.07, 6.45) is 0. The van der Waals surface area contributed by atoms with E-state index >= 15 is 0 Å². The molecule has 0 saturated carbocycles. The average Bonchev–Trinajstić information content (AvgIpc) is 2.34. The maximum Gasteiger partial charge on any atom is 0.257 e. The number of hydrogen-bond acceptors (Lipinski definition) is 2. The van der Waals surface area contributed by atoms with E-state index in [4.69, 9.17) is 17.3 Å². The highest BCUT2D eigenvalue weighted by Gasteiger charge is 2.12. The molecule has 0 atom stereocenters. The molecule has 2 rings (SSSR count). The molecular formula is C14H12BrClN2O. The second-order valence-electron chi connectivity index (χ2n) is 4.11. The SMILES string of the molecule is Cc1c(Br)cccc1NC(=O)c1ccc(N)cc1Cl. The fourth-order valence-electron chi connectivity index (χ4n) is 1.65. The van der Waals surface area contributed by atoms with Gasteiger partial charge in [0.2, 0.25) is 0 Å². The number of carbonyl (C=O) groups is 1. The molecule has 2 aromatic rings. The largest absolute Gasteiger partial charge is 0.399 e. The number of nitrogens with one attached hydrogen (secondary N) is 1. The van der Waals surface area contributed by atoms with E-state index in [1.807, 2.05) is 25.1 Å². The van der Waals surface area contributed by atoms with Gasteiger partial charge in [0.15, 0.2) is 0 Å². The fourth-order valence-corrected chi connectivity index (χ4v) is 2.29. The molecule has 0 radical (unpaired) electrons. The van der Waals surface area contributed by atoms with Crippen LogP contribution in [0.2, 0.25) is 5.02 Å². The number of hydrogen-bond donors (Lipinski definition) is 2. The lowest BCUT2D eigenvalue weighted by atomic mass is 10.1. The smallest absolute Gasteiger partial charge is 0.257 e. The van der Waals surface area contributed by atoms with Crippen LogP contribution < -0.4 is 11.1 Å². The van der Waals surface area contributed by atoms with Gasteiger partial charge in [0.05, 0.1) is 10.6 Å². The van der Waals surface area contributed by atoms with Crippen LogP contribution in [0.15, 0.2) is 40.9 Å². The van der Waals surface area contributed by atoms with Crippen molar-refractivity contribution in [1.29, 1.82) is 0 Å². The minimum atomic E-state index is -0.258. The monoisotopic (exact) mass is 338 g/mol. The van der Waals surface area contributed by atoms with Crippen LogP contribution in [0, 0.1) is 6.92 Å². The number of rotatable bonds is 2. The predicted molar refractivity (Wildman–Crippen MR) is 82.7 cm³/mol. The summed E-state index contributed by atoms with van der Waals surface area (Å²) in [7, 11) is 0. The number of nitrogen functional groups attached to an aromatic ring is 1. The topological polar surface area (TPSA) is 55.1 Å². The van der Waals surface area contributed by atoms with E-state index in [0.29, 0.717) is 16.3 Å². The highest BCUT2D eigenvalue weighted by atomic mass is 79.9. The Bertz CT molecular complexity index is 643. The maximum absolute atomic E-state index is 12.2. The van der Waals surface area contributed by atoms with Gasteiger partial charge in [-0.25, -0.2) is 0 Å². The van der Waals surface area contributed by atoms with E-state index in [1.54, 1.807) is 18.2 Å². The Hall–Kier alpha value is -1.52. The van der Waals surface area contributed by atoms with E-state index in [9.17, 15) is 4.79 Å². The molecule has 0 fully saturated rings. The summed E-state index contributed by atoms with van der Waals surface area (Å²) < 4.78 is 0.939. The molecular weight excluding hydrogens is 328 g/mol. The van der Waals surface area contributed by atoms with Gasteiger partial charge in [-0.1, -0.05) is 33.6 Å². The van der Waals surface area contributed by atoms with Gasteiger partial charge in [0.1, 0.15) is 0 Å². The lowest BCUT2D eigenvalue weighted by molar-refractivity contribution is 0.102. The quantitative estimate of drug-likeness (QED) is 0.804. The van der Waals surface area contributed by atoms with Crippen LogP contribution in [-0.2, 0) is 0 Å². The second kappa shape index (κ2) is 5.63. The highest BCUT2D eigenvalue weighted by molar-refractivity contribution is 9.10. The molecule has 0 spiro atoms. The Balaban J connectivity index is 2.28. The summed E-state index contributed by atoms with van der Waals surface area (Å²) >= 11 is 9.43. The Labute approximate surface area is 124 Å². The van der Waals surface area contributed by atoms with E-state index < -0.39 is 0 Å². The zero-order valence-electron chi connectivity index (χ0n) is 10.2. The van der Waals surface area contributed by atoms with Crippen LogP contribution in [-0.4, -0.2) is 5.91 Å². The van der Waals surface area contributed by atoms with Crippen molar-refractivity contribution in [3.05, 3.63) is 57.0 Å². The fraction of sp³-hybridized carbons (Fsp3) is 0.0714. The molecule has 2 aromatic carbocycles. The summed E-state index contributed by atoms with van der Waals surface area (Å²) in [6, 6.07) is 10.4. The van der Waals surface area contributed by atoms with E-state index in [-0.39, 0.29) is 5.91 Å². The number of nitrogens with two attached hydrogens (primary N) is 1. The van der Waals surface area contributed by atoms with Crippen LogP contribution in [0.3, 0.4) is 0 Å². The molecule has 5 heteroatoms. The van der Waals surface area contributed by atoms with Crippen LogP contribution in [0.25, 0.3) is 0 Å². The average molecular weight is 340 g/mol. The molecule has 0 saturated heterocycles. The lowest BCUT2D eigenvalue weighted by Gasteiger charge is -2.10. The molecule has 0 heterocycles. The molecule has 0 aliphatic carbocycles. The normalized spacial score (nSPS) is 10.3. The van der Waals surface area contributed by atoms with Crippen molar-refractivity contribution in [3.8, 4) is 0 Å². The van der Waals surface area contributed by atoms with Gasteiger partial charge in [-0.3, -0.25) is 4.79 Å². The Morgan fingerprint density at radius 3 is 2.74 bits per heavy atom. The summed E-state index contributed by atoms with van der Waals surface area (Å²) in [5.74, 6) is -0.258. The van der Waals surface area contributed by atoms with Gasteiger partial charge in [0.25, 0.3) is 5.91 Å². The van der Waals surface area contributed by atoms with Crippen molar-refractivity contribution >= 4 is 44.8 Å². The molecule has 0 bridgehead atoms. The van der Waals surface area contributed by atoms with Crippen LogP contribution in [0.4, 0.5) is 11.4 Å². The molecule has 0 aromatic heterocycles. The minimum absolute atomic E-state index is 0.258. The molecule has 3 nitrogen and oxygen atoms in total. The highest BCUT2D eigenvalue weighted by Crippen LogP contribution is 2.25. The van der Waals surface area contributed by atoms with Crippen LogP contribution in [0.5, 0.6) is 0 Å². The maximum atomic E-state index is 12.2. The summed E-state index contributed by atoms with van der Waals surface area (Å²) in [5, 5.41) is 3.17. The first kappa shape index (κ1) is 13.9. The number of anilines is 2. The summed E-state index contributed by atoms with van der Waals surface area (Å²) in [5.41, 5.74) is 8.23. The molecule has 19 heavy (non-hydrogen) atoms. The van der Waals surface area contributed by atoms with Gasteiger partial charge in [-0.05, 0) is 42.8 Å². The minimum Gasteiger partial charge on any atom is -0.399 e. The van der Waals surface area contributed by atoms with Crippen molar-refractivity contribution in [3.63, 3.8) is 0 Å². The molecule has 0 unspecified atom stereocenters. The Morgan fingerprint density at radius 2 is 2.05 bits per heavy atom. The Kier molecular flexibility index (Phi) is 4.12. The van der Waals surface area contributed by atoms with Crippen LogP contribution in [0.1, 0.15) is 15.9 Å². The Morgan fingerprint density at radius 1 is 1.32 bits per heavy atom. The zero-order chi connectivity index (χ0) is 14.0. The number of halogens is 2. The third-order valence-corrected chi connectivity index (χ3v) is 3.93.